The van der Waals surface area contributed by atoms with Gasteiger partial charge in [-0.2, -0.15) is 0 Å². The summed E-state index contributed by atoms with van der Waals surface area (Å²) < 4.78 is 5.12. The van der Waals surface area contributed by atoms with E-state index in [0.717, 1.165) is 6.07 Å². The lowest BCUT2D eigenvalue weighted by molar-refractivity contribution is 0.101. The van der Waals surface area contributed by atoms with Crippen LogP contribution >= 0.6 is 0 Å². The Balaban J connectivity index is 3.47. The number of aromatic hydroxyl groups is 2. The molecule has 17 heavy (non-hydrogen) atoms. The van der Waals surface area contributed by atoms with Crippen LogP contribution in [-0.4, -0.2) is 23.1 Å². The van der Waals surface area contributed by atoms with Crippen molar-refractivity contribution >= 4 is 5.78 Å². The molecule has 0 aliphatic carbocycles. The normalized spacial score (nSPS) is 10.8. The third-order valence-electron chi connectivity index (χ3n) is 2.45. The van der Waals surface area contributed by atoms with Crippen molar-refractivity contribution in [3.63, 3.8) is 0 Å². The van der Waals surface area contributed by atoms with Gasteiger partial charge in [0.25, 0.3) is 0 Å². The van der Waals surface area contributed by atoms with Gasteiger partial charge in [-0.1, -0.05) is 12.2 Å². The molecule has 1 rings (SSSR count). The number of carbonyl (C=O) groups excluding carboxylic acids is 1. The first-order chi connectivity index (χ1) is 8.02. The SMILES string of the molecule is C/C=C/Cc1c(O)cc(O)c(C(C)=O)c1OC. The number of allylic oxidation sites excluding steroid dienone is 2. The Bertz CT molecular complexity index is 461. The third kappa shape index (κ3) is 2.58. The van der Waals surface area contributed by atoms with Gasteiger partial charge in [0.1, 0.15) is 22.8 Å². The number of carbonyl (C=O) groups is 1. The van der Waals surface area contributed by atoms with Gasteiger partial charge in [-0.15, -0.1) is 0 Å². The number of hydrogen-bond donors (Lipinski definition) is 2. The Hall–Kier alpha value is -1.97. The van der Waals surface area contributed by atoms with E-state index in [-0.39, 0.29) is 28.6 Å². The summed E-state index contributed by atoms with van der Waals surface area (Å²) in [7, 11) is 1.40. The lowest BCUT2D eigenvalue weighted by Gasteiger charge is -2.14. The van der Waals surface area contributed by atoms with Gasteiger partial charge < -0.3 is 14.9 Å². The highest BCUT2D eigenvalue weighted by Crippen LogP contribution is 2.38. The van der Waals surface area contributed by atoms with Crippen molar-refractivity contribution in [1.82, 2.24) is 0 Å². The number of phenolic OH excluding ortho intramolecular Hbond substituents is 2. The molecular formula is C13H16O4. The van der Waals surface area contributed by atoms with Crippen LogP contribution in [0.1, 0.15) is 29.8 Å². The van der Waals surface area contributed by atoms with E-state index in [2.05, 4.69) is 0 Å². The van der Waals surface area contributed by atoms with Gasteiger partial charge in [-0.3, -0.25) is 4.79 Å². The predicted octanol–water partition coefficient (Wildman–Crippen LogP) is 2.43. The van der Waals surface area contributed by atoms with Crippen LogP contribution < -0.4 is 4.74 Å². The maximum absolute atomic E-state index is 11.4. The zero-order chi connectivity index (χ0) is 13.0. The number of rotatable bonds is 4. The van der Waals surface area contributed by atoms with Crippen LogP contribution in [0, 0.1) is 0 Å². The first-order valence-electron chi connectivity index (χ1n) is 5.26. The Morgan fingerprint density at radius 1 is 1.41 bits per heavy atom. The molecule has 0 aliphatic rings. The maximum atomic E-state index is 11.4. The summed E-state index contributed by atoms with van der Waals surface area (Å²) in [6, 6.07) is 1.16. The van der Waals surface area contributed by atoms with Crippen molar-refractivity contribution in [1.29, 1.82) is 0 Å². The minimum atomic E-state index is -0.305. The van der Waals surface area contributed by atoms with E-state index in [1.807, 2.05) is 19.1 Å². The fourth-order valence-electron chi connectivity index (χ4n) is 1.67. The molecule has 0 heterocycles. The minimum absolute atomic E-state index is 0.0811. The van der Waals surface area contributed by atoms with Crippen LogP contribution in [0.5, 0.6) is 17.2 Å². The van der Waals surface area contributed by atoms with Crippen LogP contribution in [-0.2, 0) is 6.42 Å². The maximum Gasteiger partial charge on any atom is 0.167 e. The highest BCUT2D eigenvalue weighted by molar-refractivity contribution is 6.00. The molecule has 4 nitrogen and oxygen atoms in total. The second-order valence-electron chi connectivity index (χ2n) is 3.63. The summed E-state index contributed by atoms with van der Waals surface area (Å²) in [5, 5.41) is 19.4. The predicted molar refractivity (Wildman–Crippen MR) is 64.8 cm³/mol. The molecule has 0 spiro atoms. The number of ketones is 1. The molecule has 0 radical (unpaired) electrons. The number of ether oxygens (including phenoxy) is 1. The van der Waals surface area contributed by atoms with E-state index in [4.69, 9.17) is 4.74 Å². The van der Waals surface area contributed by atoms with Gasteiger partial charge in [0.15, 0.2) is 5.78 Å². The summed E-state index contributed by atoms with van der Waals surface area (Å²) >= 11 is 0. The van der Waals surface area contributed by atoms with Crippen LogP contribution in [0.3, 0.4) is 0 Å². The molecule has 0 aliphatic heterocycles. The van der Waals surface area contributed by atoms with Crippen molar-refractivity contribution in [2.45, 2.75) is 20.3 Å². The average molecular weight is 236 g/mol. The van der Waals surface area contributed by atoms with Crippen LogP contribution in [0.25, 0.3) is 0 Å². The van der Waals surface area contributed by atoms with Crippen molar-refractivity contribution in [2.24, 2.45) is 0 Å². The van der Waals surface area contributed by atoms with Gasteiger partial charge in [-0.25, -0.2) is 0 Å². The molecule has 0 aromatic heterocycles. The molecular weight excluding hydrogens is 220 g/mol. The lowest BCUT2D eigenvalue weighted by atomic mass is 10.0. The first-order valence-corrected chi connectivity index (χ1v) is 5.26. The molecule has 4 heteroatoms. The van der Waals surface area contributed by atoms with Crippen LogP contribution in [0.15, 0.2) is 18.2 Å². The molecule has 0 atom stereocenters. The molecule has 92 valence electrons. The fourth-order valence-corrected chi connectivity index (χ4v) is 1.67. The Morgan fingerprint density at radius 2 is 2.06 bits per heavy atom. The van der Waals surface area contributed by atoms with E-state index in [1.165, 1.54) is 14.0 Å². The second-order valence-corrected chi connectivity index (χ2v) is 3.63. The van der Waals surface area contributed by atoms with Crippen LogP contribution in [0.4, 0.5) is 0 Å². The highest BCUT2D eigenvalue weighted by Gasteiger charge is 2.20. The van der Waals surface area contributed by atoms with E-state index in [1.54, 1.807) is 0 Å². The summed E-state index contributed by atoms with van der Waals surface area (Å²) in [4.78, 5) is 11.4. The van der Waals surface area contributed by atoms with E-state index >= 15 is 0 Å². The largest absolute Gasteiger partial charge is 0.507 e. The Labute approximate surface area is 100 Å². The number of benzene rings is 1. The molecule has 1 aromatic rings. The van der Waals surface area contributed by atoms with Gasteiger partial charge in [0.2, 0.25) is 0 Å². The third-order valence-corrected chi connectivity index (χ3v) is 2.45. The second kappa shape index (κ2) is 5.39. The molecule has 0 saturated carbocycles. The molecule has 2 N–H and O–H groups in total. The summed E-state index contributed by atoms with van der Waals surface area (Å²) in [6.45, 7) is 3.20. The fraction of sp³-hybridized carbons (Fsp3) is 0.308. The van der Waals surface area contributed by atoms with Gasteiger partial charge in [-0.05, 0) is 20.3 Å². The number of Topliss-reactive ketones (excluding diaryl/α,β-unsaturated/α-hetero) is 1. The average Bonchev–Trinajstić information content (AvgIpc) is 2.26. The number of hydrogen-bond acceptors (Lipinski definition) is 4. The molecule has 0 saturated heterocycles. The summed E-state index contributed by atoms with van der Waals surface area (Å²) in [5.74, 6) is -0.423. The smallest absolute Gasteiger partial charge is 0.167 e. The number of methoxy groups -OCH3 is 1. The van der Waals surface area contributed by atoms with Crippen molar-refractivity contribution in [3.05, 3.63) is 29.3 Å². The standard InChI is InChI=1S/C13H16O4/c1-4-5-6-9-10(15)7-11(16)12(8(2)14)13(9)17-3/h4-5,7,15-16H,6H2,1-3H3/b5-4+. The van der Waals surface area contributed by atoms with E-state index in [9.17, 15) is 15.0 Å². The molecule has 0 unspecified atom stereocenters. The van der Waals surface area contributed by atoms with E-state index in [0.29, 0.717) is 12.0 Å². The van der Waals surface area contributed by atoms with Crippen molar-refractivity contribution in [2.75, 3.05) is 7.11 Å². The topological polar surface area (TPSA) is 66.8 Å². The molecule has 1 aromatic carbocycles. The molecule has 0 fully saturated rings. The zero-order valence-corrected chi connectivity index (χ0v) is 10.2. The summed E-state index contributed by atoms with van der Waals surface area (Å²) in [6.07, 6.45) is 4.10. The quantitative estimate of drug-likeness (QED) is 0.622. The van der Waals surface area contributed by atoms with Gasteiger partial charge >= 0.3 is 0 Å². The van der Waals surface area contributed by atoms with Crippen LogP contribution in [0.2, 0.25) is 0 Å². The van der Waals surface area contributed by atoms with E-state index < -0.39 is 0 Å². The monoisotopic (exact) mass is 236 g/mol. The number of phenols is 2. The molecule has 0 bridgehead atoms. The Kier molecular flexibility index (Phi) is 4.15. The summed E-state index contributed by atoms with van der Waals surface area (Å²) in [5.41, 5.74) is 0.596. The van der Waals surface area contributed by atoms with Crippen molar-refractivity contribution < 1.29 is 19.7 Å². The Morgan fingerprint density at radius 3 is 2.53 bits per heavy atom. The lowest BCUT2D eigenvalue weighted by Crippen LogP contribution is -2.02. The van der Waals surface area contributed by atoms with Gasteiger partial charge in [0.05, 0.1) is 7.11 Å². The molecule has 0 amide bonds. The van der Waals surface area contributed by atoms with Crippen molar-refractivity contribution in [3.8, 4) is 17.2 Å². The highest BCUT2D eigenvalue weighted by atomic mass is 16.5. The van der Waals surface area contributed by atoms with Gasteiger partial charge in [0, 0.05) is 11.6 Å². The zero-order valence-electron chi connectivity index (χ0n) is 10.2. The minimum Gasteiger partial charge on any atom is -0.507 e. The first kappa shape index (κ1) is 13.1.